The molecule has 12 nitrogen and oxygen atoms in total. The lowest BCUT2D eigenvalue weighted by atomic mass is 9.71. The van der Waals surface area contributed by atoms with Crippen molar-refractivity contribution in [3.8, 4) is 0 Å². The molecule has 3 fully saturated rings. The largest absolute Gasteiger partial charge is 0.389 e. The van der Waals surface area contributed by atoms with Crippen LogP contribution in [0, 0.1) is 38.0 Å². The molecule has 4 heterocycles. The van der Waals surface area contributed by atoms with E-state index in [0.717, 1.165) is 4.90 Å². The van der Waals surface area contributed by atoms with Gasteiger partial charge in [0.1, 0.15) is 6.10 Å². The lowest BCUT2D eigenvalue weighted by Gasteiger charge is -2.26. The highest BCUT2D eigenvalue weighted by Crippen LogP contribution is 2.55. The monoisotopic (exact) mass is 450 g/mol. The summed E-state index contributed by atoms with van der Waals surface area (Å²) in [6.07, 6.45) is -1.95. The molecule has 2 bridgehead atoms. The molecule has 33 heavy (non-hydrogen) atoms. The molecule has 3 saturated heterocycles. The third-order valence-electron chi connectivity index (χ3n) is 6.71. The van der Waals surface area contributed by atoms with Crippen LogP contribution >= 0.6 is 0 Å². The fourth-order valence-electron chi connectivity index (χ4n) is 5.35. The molecule has 0 saturated carbocycles. The Balaban J connectivity index is 1.32. The van der Waals surface area contributed by atoms with E-state index >= 15 is 0 Å². The Morgan fingerprint density at radius 2 is 1.48 bits per heavy atom. The molecule has 0 spiro atoms. The standard InChI is InChI=1S/C21H14N4O8/c26-20-13-14(21(27)23(20)10-4-6-11(7-5-10)24(28)29)18-19-15(17(13)32-18)16(22-33-19)9-2-1-3-12(8-9)25(30)31/h1-8,13-15,17-19H/t13-,14+,15-,17-,18+,19-/m1/s1. The van der Waals surface area contributed by atoms with Crippen LogP contribution in [-0.2, 0) is 19.2 Å². The van der Waals surface area contributed by atoms with Gasteiger partial charge in [0.2, 0.25) is 11.8 Å². The highest BCUT2D eigenvalue weighted by Gasteiger charge is 2.72. The van der Waals surface area contributed by atoms with Gasteiger partial charge in [0, 0.05) is 29.8 Å². The zero-order chi connectivity index (χ0) is 23.0. The molecule has 6 rings (SSSR count). The smallest absolute Gasteiger partial charge is 0.270 e. The first-order valence-corrected chi connectivity index (χ1v) is 10.1. The summed E-state index contributed by atoms with van der Waals surface area (Å²) in [5.74, 6) is -2.86. The average molecular weight is 450 g/mol. The number of rotatable bonds is 4. The molecule has 2 aromatic carbocycles. The second-order valence-electron chi connectivity index (χ2n) is 8.28. The normalized spacial score (nSPS) is 31.3. The van der Waals surface area contributed by atoms with Crippen LogP contribution in [0.25, 0.3) is 0 Å². The molecule has 6 atom stereocenters. The van der Waals surface area contributed by atoms with Gasteiger partial charge in [0.25, 0.3) is 11.4 Å². The number of fused-ring (bicyclic) bond motifs is 8. The van der Waals surface area contributed by atoms with E-state index in [1.165, 1.54) is 36.4 Å². The number of hydrogen-bond acceptors (Lipinski definition) is 9. The van der Waals surface area contributed by atoms with E-state index in [0.29, 0.717) is 11.3 Å². The van der Waals surface area contributed by atoms with Crippen LogP contribution in [0.5, 0.6) is 0 Å². The van der Waals surface area contributed by atoms with E-state index in [1.54, 1.807) is 12.1 Å². The maximum Gasteiger partial charge on any atom is 0.270 e. The number of carbonyl (C=O) groups excluding carboxylic acids is 2. The second kappa shape index (κ2) is 6.65. The molecule has 2 amide bonds. The number of benzene rings is 2. The quantitative estimate of drug-likeness (QED) is 0.388. The fourth-order valence-corrected chi connectivity index (χ4v) is 5.35. The van der Waals surface area contributed by atoms with Gasteiger partial charge < -0.3 is 9.57 Å². The number of nitro groups is 2. The van der Waals surface area contributed by atoms with Crippen molar-refractivity contribution in [2.75, 3.05) is 4.90 Å². The van der Waals surface area contributed by atoms with Crippen molar-refractivity contribution >= 4 is 34.6 Å². The summed E-state index contributed by atoms with van der Waals surface area (Å²) in [6, 6.07) is 11.2. The molecule has 2 aromatic rings. The number of imide groups is 1. The fraction of sp³-hybridized carbons (Fsp3) is 0.286. The highest BCUT2D eigenvalue weighted by molar-refractivity contribution is 6.23. The number of nitrogens with zero attached hydrogens (tertiary/aromatic N) is 4. The average Bonchev–Trinajstić information content (AvgIpc) is 3.54. The van der Waals surface area contributed by atoms with Crippen molar-refractivity contribution in [1.82, 2.24) is 0 Å². The minimum absolute atomic E-state index is 0.0999. The summed E-state index contributed by atoms with van der Waals surface area (Å²) in [5.41, 5.74) is 0.944. The van der Waals surface area contributed by atoms with Crippen LogP contribution in [0.15, 0.2) is 53.7 Å². The number of amides is 2. The van der Waals surface area contributed by atoms with E-state index in [2.05, 4.69) is 5.16 Å². The second-order valence-corrected chi connectivity index (χ2v) is 8.28. The molecule has 0 unspecified atom stereocenters. The lowest BCUT2D eigenvalue weighted by Crippen LogP contribution is -2.45. The van der Waals surface area contributed by atoms with E-state index in [-0.39, 0.29) is 17.1 Å². The summed E-state index contributed by atoms with van der Waals surface area (Å²) >= 11 is 0. The zero-order valence-electron chi connectivity index (χ0n) is 16.6. The topological polar surface area (TPSA) is 154 Å². The highest BCUT2D eigenvalue weighted by atomic mass is 16.7. The van der Waals surface area contributed by atoms with Gasteiger partial charge in [-0.2, -0.15) is 0 Å². The van der Waals surface area contributed by atoms with Gasteiger partial charge in [0.15, 0.2) is 6.10 Å². The Kier molecular flexibility index (Phi) is 3.93. The van der Waals surface area contributed by atoms with Crippen molar-refractivity contribution in [2.45, 2.75) is 18.3 Å². The van der Waals surface area contributed by atoms with Crippen molar-refractivity contribution in [2.24, 2.45) is 22.9 Å². The summed E-state index contributed by atoms with van der Waals surface area (Å²) in [4.78, 5) is 54.1. The van der Waals surface area contributed by atoms with Gasteiger partial charge in [-0.1, -0.05) is 17.3 Å². The first-order chi connectivity index (χ1) is 15.9. The van der Waals surface area contributed by atoms with Crippen LogP contribution in [0.2, 0.25) is 0 Å². The van der Waals surface area contributed by atoms with Crippen molar-refractivity contribution in [1.29, 1.82) is 0 Å². The Morgan fingerprint density at radius 3 is 2.15 bits per heavy atom. The van der Waals surface area contributed by atoms with Crippen LogP contribution in [-0.4, -0.2) is 45.7 Å². The number of oxime groups is 1. The summed E-state index contributed by atoms with van der Waals surface area (Å²) in [7, 11) is 0. The Morgan fingerprint density at radius 1 is 0.818 bits per heavy atom. The summed E-state index contributed by atoms with van der Waals surface area (Å²) in [5, 5.41) is 26.2. The van der Waals surface area contributed by atoms with Gasteiger partial charge >= 0.3 is 0 Å². The number of carbonyl (C=O) groups is 2. The van der Waals surface area contributed by atoms with Crippen molar-refractivity contribution < 1.29 is 29.0 Å². The van der Waals surface area contributed by atoms with Crippen molar-refractivity contribution in [3.05, 3.63) is 74.3 Å². The number of nitro benzene ring substituents is 2. The van der Waals surface area contributed by atoms with Crippen LogP contribution in [0.4, 0.5) is 17.1 Å². The molecule has 0 N–H and O–H groups in total. The van der Waals surface area contributed by atoms with Gasteiger partial charge in [-0.3, -0.25) is 29.8 Å². The predicted molar refractivity (Wildman–Crippen MR) is 109 cm³/mol. The molecular formula is C21H14N4O8. The van der Waals surface area contributed by atoms with Gasteiger partial charge in [-0.25, -0.2) is 4.90 Å². The predicted octanol–water partition coefficient (Wildman–Crippen LogP) is 1.81. The first kappa shape index (κ1) is 19.5. The van der Waals surface area contributed by atoms with Crippen LogP contribution in [0.1, 0.15) is 5.56 Å². The van der Waals surface area contributed by atoms with E-state index < -0.39 is 57.7 Å². The number of hydrogen-bond donors (Lipinski definition) is 0. The Hall–Kier alpha value is -4.19. The Bertz CT molecular complexity index is 1280. The molecule has 0 aliphatic carbocycles. The lowest BCUT2D eigenvalue weighted by molar-refractivity contribution is -0.385. The number of non-ortho nitro benzene ring substituents is 2. The molecule has 0 radical (unpaired) electrons. The zero-order valence-corrected chi connectivity index (χ0v) is 16.6. The summed E-state index contributed by atoms with van der Waals surface area (Å²) < 4.78 is 6.01. The Labute approximate surface area is 184 Å². The van der Waals surface area contributed by atoms with E-state index in [1.807, 2.05) is 0 Å². The SMILES string of the molecule is O=C1[C@@H]2[C@@H]3O[C@@H]([C@H]4C(c5cccc([N+](=O)[O-])c5)=NO[C@@H]34)[C@@H]2C(=O)N1c1ccc([N+](=O)[O-])cc1. The number of ether oxygens (including phenoxy) is 1. The third kappa shape index (κ3) is 2.58. The molecule has 166 valence electrons. The van der Waals surface area contributed by atoms with Crippen LogP contribution in [0.3, 0.4) is 0 Å². The number of anilines is 1. The maximum absolute atomic E-state index is 13.3. The van der Waals surface area contributed by atoms with E-state index in [9.17, 15) is 29.8 Å². The summed E-state index contributed by atoms with van der Waals surface area (Å²) in [6.45, 7) is 0. The third-order valence-corrected chi connectivity index (χ3v) is 6.71. The minimum atomic E-state index is -0.760. The minimum Gasteiger partial charge on any atom is -0.389 e. The molecule has 4 aliphatic heterocycles. The van der Waals surface area contributed by atoms with Crippen molar-refractivity contribution in [3.63, 3.8) is 0 Å². The molecule has 12 heteroatoms. The first-order valence-electron chi connectivity index (χ1n) is 10.1. The van der Waals surface area contributed by atoms with Gasteiger partial charge in [-0.15, -0.1) is 0 Å². The van der Waals surface area contributed by atoms with Crippen LogP contribution < -0.4 is 4.90 Å². The molecular weight excluding hydrogens is 436 g/mol. The molecule has 0 aromatic heterocycles. The van der Waals surface area contributed by atoms with Gasteiger partial charge in [-0.05, 0) is 12.1 Å². The maximum atomic E-state index is 13.3. The molecule has 4 aliphatic rings. The van der Waals surface area contributed by atoms with E-state index in [4.69, 9.17) is 9.57 Å². The van der Waals surface area contributed by atoms with Gasteiger partial charge in [0.05, 0.1) is 45.1 Å².